The first-order chi connectivity index (χ1) is 8.27. The van der Waals surface area contributed by atoms with Gasteiger partial charge in [-0.25, -0.2) is 14.8 Å². The molecule has 0 N–H and O–H groups in total. The molecule has 2 aromatic heterocycles. The Hall–Kier alpha value is -1.73. The zero-order valence-electron chi connectivity index (χ0n) is 9.41. The predicted octanol–water partition coefficient (Wildman–Crippen LogP) is 1.40. The van der Waals surface area contributed by atoms with Crippen LogP contribution in [0.25, 0.3) is 11.5 Å². The van der Waals surface area contributed by atoms with E-state index in [4.69, 9.17) is 9.47 Å². The van der Waals surface area contributed by atoms with Crippen LogP contribution in [0.2, 0.25) is 0 Å². The molecule has 0 spiro atoms. The molecule has 0 atom stereocenters. The van der Waals surface area contributed by atoms with Crippen molar-refractivity contribution in [2.45, 2.75) is 6.73 Å². The molecule has 0 unspecified atom stereocenters. The van der Waals surface area contributed by atoms with Crippen LogP contribution in [0.15, 0.2) is 17.9 Å². The second-order valence-electron chi connectivity index (χ2n) is 3.16. The normalized spacial score (nSPS) is 10.5. The third kappa shape index (κ3) is 2.20. The molecule has 2 heterocycles. The fourth-order valence-electron chi connectivity index (χ4n) is 1.41. The SMILES string of the molecule is COCn1ccnc1-c1ncsc1C(=O)OC. The highest BCUT2D eigenvalue weighted by Crippen LogP contribution is 2.24. The van der Waals surface area contributed by atoms with Crippen molar-refractivity contribution in [3.05, 3.63) is 22.8 Å². The van der Waals surface area contributed by atoms with Crippen LogP contribution < -0.4 is 0 Å². The maximum Gasteiger partial charge on any atom is 0.350 e. The van der Waals surface area contributed by atoms with Gasteiger partial charge in [0, 0.05) is 19.5 Å². The summed E-state index contributed by atoms with van der Waals surface area (Å²) in [4.78, 5) is 20.3. The molecular formula is C10H11N3O3S. The summed E-state index contributed by atoms with van der Waals surface area (Å²) in [5.41, 5.74) is 2.11. The van der Waals surface area contributed by atoms with Crippen LogP contribution >= 0.6 is 11.3 Å². The van der Waals surface area contributed by atoms with Crippen LogP contribution in [0.4, 0.5) is 0 Å². The van der Waals surface area contributed by atoms with Crippen LogP contribution in [0.1, 0.15) is 9.67 Å². The lowest BCUT2D eigenvalue weighted by Gasteiger charge is -2.05. The second kappa shape index (κ2) is 5.07. The van der Waals surface area contributed by atoms with Crippen LogP contribution in [0, 0.1) is 0 Å². The van der Waals surface area contributed by atoms with Crippen molar-refractivity contribution >= 4 is 17.3 Å². The molecule has 90 valence electrons. The third-order valence-electron chi connectivity index (χ3n) is 2.13. The van der Waals surface area contributed by atoms with Crippen molar-refractivity contribution in [2.75, 3.05) is 14.2 Å². The smallest absolute Gasteiger partial charge is 0.350 e. The van der Waals surface area contributed by atoms with E-state index in [1.54, 1.807) is 29.6 Å². The third-order valence-corrected chi connectivity index (χ3v) is 2.94. The van der Waals surface area contributed by atoms with Crippen LogP contribution in [-0.4, -0.2) is 34.7 Å². The fraction of sp³-hybridized carbons (Fsp3) is 0.300. The summed E-state index contributed by atoms with van der Waals surface area (Å²) < 4.78 is 11.5. The number of aromatic nitrogens is 3. The van der Waals surface area contributed by atoms with E-state index in [1.807, 2.05) is 0 Å². The van der Waals surface area contributed by atoms with E-state index in [9.17, 15) is 4.79 Å². The average Bonchev–Trinajstić information content (AvgIpc) is 2.95. The summed E-state index contributed by atoms with van der Waals surface area (Å²) in [6.45, 7) is 0.355. The van der Waals surface area contributed by atoms with E-state index >= 15 is 0 Å². The van der Waals surface area contributed by atoms with Crippen molar-refractivity contribution in [1.82, 2.24) is 14.5 Å². The molecule has 0 fully saturated rings. The minimum absolute atomic E-state index is 0.355. The number of hydrogen-bond donors (Lipinski definition) is 0. The number of methoxy groups -OCH3 is 2. The van der Waals surface area contributed by atoms with Gasteiger partial charge in [-0.1, -0.05) is 0 Å². The van der Waals surface area contributed by atoms with Gasteiger partial charge in [0.2, 0.25) is 0 Å². The molecule has 0 aliphatic rings. The molecule has 0 aliphatic heterocycles. The van der Waals surface area contributed by atoms with E-state index in [1.165, 1.54) is 18.4 Å². The summed E-state index contributed by atoms with van der Waals surface area (Å²) in [6.07, 6.45) is 3.40. The molecule has 0 amide bonds. The molecule has 0 aromatic carbocycles. The lowest BCUT2D eigenvalue weighted by atomic mass is 10.3. The second-order valence-corrected chi connectivity index (χ2v) is 4.01. The van der Waals surface area contributed by atoms with E-state index in [-0.39, 0.29) is 0 Å². The molecule has 6 nitrogen and oxygen atoms in total. The van der Waals surface area contributed by atoms with E-state index in [0.717, 1.165) is 0 Å². The van der Waals surface area contributed by atoms with Gasteiger partial charge in [-0.05, 0) is 0 Å². The molecule has 0 radical (unpaired) electrons. The zero-order chi connectivity index (χ0) is 12.3. The van der Waals surface area contributed by atoms with Crippen LogP contribution in [0.3, 0.4) is 0 Å². The summed E-state index contributed by atoms with van der Waals surface area (Å²) >= 11 is 1.23. The van der Waals surface area contributed by atoms with Crippen molar-refractivity contribution in [3.8, 4) is 11.5 Å². The van der Waals surface area contributed by atoms with Crippen molar-refractivity contribution in [2.24, 2.45) is 0 Å². The molecule has 0 aliphatic carbocycles. The topological polar surface area (TPSA) is 66.2 Å². The van der Waals surface area contributed by atoms with Gasteiger partial charge in [0.15, 0.2) is 5.82 Å². The van der Waals surface area contributed by atoms with Crippen molar-refractivity contribution < 1.29 is 14.3 Å². The molecule has 2 aromatic rings. The van der Waals surface area contributed by atoms with Gasteiger partial charge in [0.05, 0.1) is 12.6 Å². The van der Waals surface area contributed by atoms with Crippen LogP contribution in [0.5, 0.6) is 0 Å². The maximum absolute atomic E-state index is 11.5. The molecule has 2 rings (SSSR count). The Morgan fingerprint density at radius 3 is 3.00 bits per heavy atom. The fourth-order valence-corrected chi connectivity index (χ4v) is 2.11. The standard InChI is InChI=1S/C10H11N3O3S/c1-15-6-13-4-3-11-9(13)7-8(10(14)16-2)17-5-12-7/h3-5H,6H2,1-2H3. The quantitative estimate of drug-likeness (QED) is 0.770. The summed E-state index contributed by atoms with van der Waals surface area (Å²) in [6, 6.07) is 0. The monoisotopic (exact) mass is 253 g/mol. The Morgan fingerprint density at radius 1 is 1.47 bits per heavy atom. The van der Waals surface area contributed by atoms with E-state index in [2.05, 4.69) is 9.97 Å². The summed E-state index contributed by atoms with van der Waals surface area (Å²) in [7, 11) is 2.93. The average molecular weight is 253 g/mol. The summed E-state index contributed by atoms with van der Waals surface area (Å²) in [5.74, 6) is 0.183. The highest BCUT2D eigenvalue weighted by Gasteiger charge is 2.20. The molecular weight excluding hydrogens is 242 g/mol. The Kier molecular flexibility index (Phi) is 3.50. The number of ether oxygens (including phenoxy) is 2. The highest BCUT2D eigenvalue weighted by atomic mass is 32.1. The molecule has 0 bridgehead atoms. The predicted molar refractivity (Wildman–Crippen MR) is 61.7 cm³/mol. The van der Waals surface area contributed by atoms with Crippen LogP contribution in [-0.2, 0) is 16.2 Å². The first-order valence-corrected chi connectivity index (χ1v) is 5.68. The number of rotatable bonds is 4. The summed E-state index contributed by atoms with van der Waals surface area (Å²) in [5, 5.41) is 0. The molecule has 7 heteroatoms. The minimum atomic E-state index is -0.408. The van der Waals surface area contributed by atoms with Gasteiger partial charge < -0.3 is 14.0 Å². The van der Waals surface area contributed by atoms with Gasteiger partial charge in [-0.15, -0.1) is 11.3 Å². The Labute approximate surface area is 102 Å². The largest absolute Gasteiger partial charge is 0.465 e. The number of carbonyl (C=O) groups is 1. The maximum atomic E-state index is 11.5. The van der Waals surface area contributed by atoms with Gasteiger partial charge in [-0.3, -0.25) is 0 Å². The van der Waals surface area contributed by atoms with Crippen molar-refractivity contribution in [3.63, 3.8) is 0 Å². The van der Waals surface area contributed by atoms with Gasteiger partial charge >= 0.3 is 5.97 Å². The number of esters is 1. The van der Waals surface area contributed by atoms with Crippen molar-refractivity contribution in [1.29, 1.82) is 0 Å². The molecule has 0 saturated carbocycles. The number of carbonyl (C=O) groups excluding carboxylic acids is 1. The zero-order valence-corrected chi connectivity index (χ0v) is 10.2. The van der Waals surface area contributed by atoms with Gasteiger partial charge in [0.25, 0.3) is 0 Å². The molecule has 17 heavy (non-hydrogen) atoms. The Morgan fingerprint density at radius 2 is 2.29 bits per heavy atom. The number of imidazole rings is 1. The number of thiazole rings is 1. The lowest BCUT2D eigenvalue weighted by Crippen LogP contribution is -2.05. The number of nitrogens with zero attached hydrogens (tertiary/aromatic N) is 3. The van der Waals surface area contributed by atoms with Gasteiger partial charge in [-0.2, -0.15) is 0 Å². The highest BCUT2D eigenvalue weighted by molar-refractivity contribution is 7.12. The number of hydrogen-bond acceptors (Lipinski definition) is 6. The van der Waals surface area contributed by atoms with Gasteiger partial charge in [0.1, 0.15) is 17.3 Å². The first-order valence-electron chi connectivity index (χ1n) is 4.80. The van der Waals surface area contributed by atoms with E-state index < -0.39 is 5.97 Å². The lowest BCUT2D eigenvalue weighted by molar-refractivity contribution is 0.0606. The Balaban J connectivity index is 2.42. The first kappa shape index (κ1) is 11.7. The Bertz CT molecular complexity index is 520. The van der Waals surface area contributed by atoms with E-state index in [0.29, 0.717) is 23.1 Å². The minimum Gasteiger partial charge on any atom is -0.465 e. The molecule has 0 saturated heterocycles.